The molecule has 1 N–H and O–H groups in total. The minimum Gasteiger partial charge on any atom is -0.300 e. The fourth-order valence-corrected chi connectivity index (χ4v) is 2.73. The third-order valence-electron chi connectivity index (χ3n) is 2.89. The summed E-state index contributed by atoms with van der Waals surface area (Å²) in [5.41, 5.74) is 1.48. The molecule has 0 aliphatic carbocycles. The maximum atomic E-state index is 12.9. The zero-order valence-electron chi connectivity index (χ0n) is 11.2. The summed E-state index contributed by atoms with van der Waals surface area (Å²) in [7, 11) is 0. The molecule has 2 aromatic carbocycles. The van der Waals surface area contributed by atoms with Gasteiger partial charge in [-0.2, -0.15) is 0 Å². The molecule has 2 aromatic rings. The zero-order valence-corrected chi connectivity index (χ0v) is 12.8. The van der Waals surface area contributed by atoms with Crippen molar-refractivity contribution in [1.82, 2.24) is 5.32 Å². The van der Waals surface area contributed by atoms with Crippen LogP contribution in [-0.2, 0) is 0 Å². The second kappa shape index (κ2) is 6.34. The van der Waals surface area contributed by atoms with E-state index in [1.165, 1.54) is 12.1 Å². The number of hydrogen-bond acceptors (Lipinski definition) is 3. The SMILES string of the molecule is O=C1NC(=Nc2ccc(Cl)cc2)/C(=C/c2ccc(F)cc2)S1. The number of nitrogens with zero attached hydrogens (tertiary/aromatic N) is 1. The first-order valence-electron chi connectivity index (χ1n) is 6.41. The molecule has 0 saturated carbocycles. The number of carbonyl (C=O) groups is 1. The number of amides is 1. The van der Waals surface area contributed by atoms with E-state index in [9.17, 15) is 9.18 Å². The quantitative estimate of drug-likeness (QED) is 0.840. The molecule has 1 heterocycles. The van der Waals surface area contributed by atoms with Crippen LogP contribution in [0.2, 0.25) is 5.02 Å². The van der Waals surface area contributed by atoms with E-state index in [0.717, 1.165) is 17.3 Å². The summed E-state index contributed by atoms with van der Waals surface area (Å²) in [4.78, 5) is 16.7. The molecule has 0 radical (unpaired) electrons. The van der Waals surface area contributed by atoms with E-state index in [2.05, 4.69) is 10.3 Å². The van der Waals surface area contributed by atoms with Gasteiger partial charge in [-0.05, 0) is 59.8 Å². The van der Waals surface area contributed by atoms with Crippen LogP contribution in [0.15, 0.2) is 58.4 Å². The fraction of sp³-hybridized carbons (Fsp3) is 0. The maximum absolute atomic E-state index is 12.9. The zero-order chi connectivity index (χ0) is 15.5. The molecule has 110 valence electrons. The Balaban J connectivity index is 1.93. The average molecular weight is 333 g/mol. The van der Waals surface area contributed by atoms with Gasteiger partial charge in [0.15, 0.2) is 0 Å². The number of thioether (sulfide) groups is 1. The average Bonchev–Trinajstić information content (AvgIpc) is 2.83. The van der Waals surface area contributed by atoms with E-state index in [4.69, 9.17) is 11.6 Å². The Kier molecular flexibility index (Phi) is 4.27. The van der Waals surface area contributed by atoms with E-state index in [-0.39, 0.29) is 11.1 Å². The molecule has 0 aromatic heterocycles. The molecule has 1 fully saturated rings. The van der Waals surface area contributed by atoms with Crippen molar-refractivity contribution in [2.24, 2.45) is 4.99 Å². The van der Waals surface area contributed by atoms with E-state index < -0.39 is 0 Å². The summed E-state index contributed by atoms with van der Waals surface area (Å²) >= 11 is 6.89. The Bertz CT molecular complexity index is 704. The van der Waals surface area contributed by atoms with E-state index in [1.807, 2.05) is 0 Å². The first-order chi connectivity index (χ1) is 10.6. The van der Waals surface area contributed by atoms with Crippen molar-refractivity contribution in [3.05, 3.63) is 69.8 Å². The van der Waals surface area contributed by atoms with Crippen molar-refractivity contribution < 1.29 is 9.18 Å². The number of nitrogens with one attached hydrogen (secondary N) is 1. The van der Waals surface area contributed by atoms with Gasteiger partial charge >= 0.3 is 0 Å². The fourth-order valence-electron chi connectivity index (χ4n) is 1.87. The third-order valence-corrected chi connectivity index (χ3v) is 3.96. The number of carbonyl (C=O) groups excluding carboxylic acids is 1. The lowest BCUT2D eigenvalue weighted by molar-refractivity contribution is 0.265. The maximum Gasteiger partial charge on any atom is 0.289 e. The highest BCUT2D eigenvalue weighted by molar-refractivity contribution is 8.18. The number of halogens is 2. The number of rotatable bonds is 2. The highest BCUT2D eigenvalue weighted by Crippen LogP contribution is 2.28. The Hall–Kier alpha value is -2.11. The van der Waals surface area contributed by atoms with Crippen molar-refractivity contribution in [3.63, 3.8) is 0 Å². The minimum atomic E-state index is -0.300. The van der Waals surface area contributed by atoms with Crippen molar-refractivity contribution in [2.75, 3.05) is 0 Å². The van der Waals surface area contributed by atoms with Crippen LogP contribution in [-0.4, -0.2) is 11.1 Å². The first-order valence-corrected chi connectivity index (χ1v) is 7.60. The van der Waals surface area contributed by atoms with Gasteiger partial charge in [-0.1, -0.05) is 23.7 Å². The highest BCUT2D eigenvalue weighted by Gasteiger charge is 2.23. The molecule has 6 heteroatoms. The van der Waals surface area contributed by atoms with Crippen molar-refractivity contribution in [1.29, 1.82) is 0 Å². The van der Waals surface area contributed by atoms with E-state index in [1.54, 1.807) is 42.5 Å². The van der Waals surface area contributed by atoms with Gasteiger partial charge in [0.25, 0.3) is 5.24 Å². The number of aliphatic imine (C=N–C) groups is 1. The second-order valence-corrected chi connectivity index (χ2v) is 5.96. The molecule has 3 rings (SSSR count). The Labute approximate surface area is 135 Å². The van der Waals surface area contributed by atoms with Crippen LogP contribution in [0.5, 0.6) is 0 Å². The largest absolute Gasteiger partial charge is 0.300 e. The van der Waals surface area contributed by atoms with Crippen LogP contribution >= 0.6 is 23.4 Å². The molecule has 0 bridgehead atoms. The van der Waals surface area contributed by atoms with Gasteiger partial charge in [0, 0.05) is 5.02 Å². The molecule has 0 unspecified atom stereocenters. The monoisotopic (exact) mass is 332 g/mol. The van der Waals surface area contributed by atoms with Gasteiger partial charge in [0.2, 0.25) is 0 Å². The summed E-state index contributed by atoms with van der Waals surface area (Å²) < 4.78 is 12.9. The number of benzene rings is 2. The smallest absolute Gasteiger partial charge is 0.289 e. The van der Waals surface area contributed by atoms with E-state index >= 15 is 0 Å². The van der Waals surface area contributed by atoms with Crippen LogP contribution in [0.3, 0.4) is 0 Å². The standard InChI is InChI=1S/C16H10ClFN2OS/c17-11-3-7-13(8-4-11)19-15-14(22-16(21)20-15)9-10-1-5-12(18)6-2-10/h1-9H,(H,19,20,21)/b14-9-. The Morgan fingerprint density at radius 3 is 2.45 bits per heavy atom. The summed E-state index contributed by atoms with van der Waals surface area (Å²) in [5.74, 6) is 0.173. The predicted molar refractivity (Wildman–Crippen MR) is 89.0 cm³/mol. The Morgan fingerprint density at radius 2 is 1.77 bits per heavy atom. The van der Waals surface area contributed by atoms with Crippen molar-refractivity contribution in [3.8, 4) is 0 Å². The van der Waals surface area contributed by atoms with Crippen molar-refractivity contribution in [2.45, 2.75) is 0 Å². The molecule has 1 amide bonds. The van der Waals surface area contributed by atoms with Gasteiger partial charge in [0.05, 0.1) is 10.6 Å². The topological polar surface area (TPSA) is 41.5 Å². The van der Waals surface area contributed by atoms with Crippen molar-refractivity contribution >= 4 is 46.2 Å². The Morgan fingerprint density at radius 1 is 1.09 bits per heavy atom. The lowest BCUT2D eigenvalue weighted by Gasteiger charge is -2.00. The van der Waals surface area contributed by atoms with Gasteiger partial charge in [-0.3, -0.25) is 4.79 Å². The normalized spacial score (nSPS) is 18.0. The van der Waals surface area contributed by atoms with Gasteiger partial charge in [0.1, 0.15) is 11.7 Å². The summed E-state index contributed by atoms with van der Waals surface area (Å²) in [5, 5.41) is 3.13. The lowest BCUT2D eigenvalue weighted by atomic mass is 10.2. The molecule has 1 aliphatic rings. The molecular formula is C16H10ClFN2OS. The van der Waals surface area contributed by atoms with Crippen LogP contribution in [0.4, 0.5) is 14.9 Å². The molecule has 0 atom stereocenters. The second-order valence-electron chi connectivity index (χ2n) is 4.51. The van der Waals surface area contributed by atoms with Crippen LogP contribution in [0.1, 0.15) is 5.56 Å². The van der Waals surface area contributed by atoms with Gasteiger partial charge < -0.3 is 5.32 Å². The number of amidine groups is 1. The lowest BCUT2D eigenvalue weighted by Crippen LogP contribution is -2.18. The van der Waals surface area contributed by atoms with Gasteiger partial charge in [-0.15, -0.1) is 0 Å². The van der Waals surface area contributed by atoms with Crippen LogP contribution < -0.4 is 5.32 Å². The minimum absolute atomic E-state index is 0.193. The molecular weight excluding hydrogens is 323 g/mol. The molecule has 0 spiro atoms. The first kappa shape index (κ1) is 14.8. The van der Waals surface area contributed by atoms with Crippen LogP contribution in [0, 0.1) is 5.82 Å². The summed E-state index contributed by atoms with van der Waals surface area (Å²) in [6.45, 7) is 0. The third kappa shape index (κ3) is 3.55. The predicted octanol–water partition coefficient (Wildman–Crippen LogP) is 5.01. The highest BCUT2D eigenvalue weighted by atomic mass is 35.5. The van der Waals surface area contributed by atoms with Crippen LogP contribution in [0.25, 0.3) is 6.08 Å². The van der Waals surface area contributed by atoms with Gasteiger partial charge in [-0.25, -0.2) is 9.38 Å². The molecule has 1 aliphatic heterocycles. The summed E-state index contributed by atoms with van der Waals surface area (Å²) in [6.07, 6.45) is 1.79. The molecule has 1 saturated heterocycles. The molecule has 22 heavy (non-hydrogen) atoms. The summed E-state index contributed by atoms with van der Waals surface area (Å²) in [6, 6.07) is 13.0. The number of hydrogen-bond donors (Lipinski definition) is 1. The molecule has 3 nitrogen and oxygen atoms in total. The van der Waals surface area contributed by atoms with E-state index in [0.29, 0.717) is 21.5 Å².